The highest BCUT2D eigenvalue weighted by atomic mass is 16.5. The largest absolute Gasteiger partial charge is 0.493 e. The maximum absolute atomic E-state index is 10.2. The molecule has 1 aliphatic rings. The molecule has 0 spiro atoms. The van der Waals surface area contributed by atoms with Crippen LogP contribution in [0.5, 0.6) is 11.6 Å². The van der Waals surface area contributed by atoms with Gasteiger partial charge in [-0.3, -0.25) is 4.98 Å². The van der Waals surface area contributed by atoms with Gasteiger partial charge in [0.15, 0.2) is 0 Å². The van der Waals surface area contributed by atoms with E-state index in [2.05, 4.69) is 56.3 Å². The predicted molar refractivity (Wildman–Crippen MR) is 116 cm³/mol. The molecule has 4 aromatic rings. The Morgan fingerprint density at radius 3 is 2.67 bits per heavy atom. The van der Waals surface area contributed by atoms with Crippen LogP contribution in [0, 0.1) is 0 Å². The van der Waals surface area contributed by atoms with Crippen molar-refractivity contribution >= 4 is 22.3 Å². The minimum absolute atomic E-state index is 0.0120. The standard InChI is InChI=1S/C24H22N4O2/c1-28(18-3-2-4-20(14-18)30-19-9-10-19)17-7-5-16(6-8-17)13-23-26-22-15-25-12-11-21(22)24(29)27-23/h2-8,11-12,14-15,19H,9-10,13H2,1H3,(H,26,27,29). The van der Waals surface area contributed by atoms with E-state index in [0.29, 0.717) is 29.3 Å². The third kappa shape index (κ3) is 3.89. The van der Waals surface area contributed by atoms with Crippen molar-refractivity contribution in [3.05, 3.63) is 78.4 Å². The number of rotatable bonds is 6. The van der Waals surface area contributed by atoms with E-state index in [1.165, 1.54) is 0 Å². The van der Waals surface area contributed by atoms with Gasteiger partial charge >= 0.3 is 0 Å². The second-order valence-electron chi connectivity index (χ2n) is 7.57. The van der Waals surface area contributed by atoms with E-state index in [1.54, 1.807) is 18.5 Å². The second-order valence-corrected chi connectivity index (χ2v) is 7.57. The molecule has 0 bridgehead atoms. The molecule has 0 amide bonds. The summed E-state index contributed by atoms with van der Waals surface area (Å²) in [6.45, 7) is 0. The Bertz CT molecular complexity index is 1190. The average molecular weight is 398 g/mol. The van der Waals surface area contributed by atoms with Crippen LogP contribution in [0.3, 0.4) is 0 Å². The zero-order chi connectivity index (χ0) is 20.5. The van der Waals surface area contributed by atoms with Gasteiger partial charge in [0.2, 0.25) is 5.88 Å². The first-order valence-corrected chi connectivity index (χ1v) is 10.0. The number of pyridine rings is 1. The summed E-state index contributed by atoms with van der Waals surface area (Å²) in [5.74, 6) is 1.47. The van der Waals surface area contributed by atoms with E-state index in [4.69, 9.17) is 4.74 Å². The van der Waals surface area contributed by atoms with Gasteiger partial charge in [0.1, 0.15) is 11.6 Å². The lowest BCUT2D eigenvalue weighted by atomic mass is 10.1. The van der Waals surface area contributed by atoms with Crippen molar-refractivity contribution in [1.29, 1.82) is 0 Å². The summed E-state index contributed by atoms with van der Waals surface area (Å²) < 4.78 is 5.91. The monoisotopic (exact) mass is 398 g/mol. The number of anilines is 2. The number of benzene rings is 2. The van der Waals surface area contributed by atoms with Crippen molar-refractivity contribution in [2.24, 2.45) is 0 Å². The van der Waals surface area contributed by atoms with E-state index in [1.807, 2.05) is 19.2 Å². The molecule has 2 aromatic heterocycles. The first-order chi connectivity index (χ1) is 14.7. The van der Waals surface area contributed by atoms with Crippen LogP contribution in [-0.2, 0) is 6.42 Å². The molecule has 6 nitrogen and oxygen atoms in total. The van der Waals surface area contributed by atoms with Gasteiger partial charge in [0.25, 0.3) is 0 Å². The zero-order valence-corrected chi connectivity index (χ0v) is 16.7. The predicted octanol–water partition coefficient (Wildman–Crippen LogP) is 4.63. The van der Waals surface area contributed by atoms with Crippen LogP contribution < -0.4 is 9.64 Å². The molecule has 1 N–H and O–H groups in total. The fourth-order valence-electron chi connectivity index (χ4n) is 3.40. The molecule has 0 radical (unpaired) electrons. The molecule has 1 fully saturated rings. The quantitative estimate of drug-likeness (QED) is 0.511. The van der Waals surface area contributed by atoms with Gasteiger partial charge in [-0.25, -0.2) is 4.98 Å². The summed E-state index contributed by atoms with van der Waals surface area (Å²) in [6, 6.07) is 18.2. The molecule has 0 aliphatic heterocycles. The number of hydrogen-bond donors (Lipinski definition) is 1. The molecule has 0 atom stereocenters. The Balaban J connectivity index is 1.33. The highest BCUT2D eigenvalue weighted by Crippen LogP contribution is 2.31. The van der Waals surface area contributed by atoms with Crippen LogP contribution in [0.2, 0.25) is 0 Å². The van der Waals surface area contributed by atoms with E-state index in [0.717, 1.165) is 35.5 Å². The maximum atomic E-state index is 10.2. The van der Waals surface area contributed by atoms with Gasteiger partial charge in [0, 0.05) is 37.1 Å². The highest BCUT2D eigenvalue weighted by molar-refractivity contribution is 5.82. The van der Waals surface area contributed by atoms with Gasteiger partial charge in [-0.15, -0.1) is 0 Å². The molecule has 150 valence electrons. The van der Waals surface area contributed by atoms with E-state index < -0.39 is 0 Å². The Morgan fingerprint density at radius 1 is 1.03 bits per heavy atom. The number of aromatic hydroxyl groups is 1. The molecule has 5 rings (SSSR count). The molecular formula is C24H22N4O2. The molecular weight excluding hydrogens is 376 g/mol. The molecule has 1 aliphatic carbocycles. The number of ether oxygens (including phenoxy) is 1. The van der Waals surface area contributed by atoms with Crippen LogP contribution in [0.25, 0.3) is 10.9 Å². The van der Waals surface area contributed by atoms with E-state index in [9.17, 15) is 5.11 Å². The van der Waals surface area contributed by atoms with Crippen LogP contribution in [-0.4, -0.2) is 33.2 Å². The lowest BCUT2D eigenvalue weighted by Gasteiger charge is -2.20. The first-order valence-electron chi connectivity index (χ1n) is 10.0. The molecule has 2 aromatic carbocycles. The van der Waals surface area contributed by atoms with Gasteiger partial charge in [-0.05, 0) is 48.7 Å². The molecule has 1 saturated carbocycles. The Labute approximate surface area is 174 Å². The second kappa shape index (κ2) is 7.63. The van der Waals surface area contributed by atoms with Crippen molar-refractivity contribution < 1.29 is 9.84 Å². The maximum Gasteiger partial charge on any atom is 0.222 e. The minimum Gasteiger partial charge on any atom is -0.493 e. The van der Waals surface area contributed by atoms with E-state index in [-0.39, 0.29) is 5.88 Å². The Morgan fingerprint density at radius 2 is 1.87 bits per heavy atom. The summed E-state index contributed by atoms with van der Waals surface area (Å²) >= 11 is 0. The van der Waals surface area contributed by atoms with Gasteiger partial charge in [-0.1, -0.05) is 18.2 Å². The van der Waals surface area contributed by atoms with Gasteiger partial charge in [0.05, 0.1) is 23.2 Å². The fraction of sp³-hybridized carbons (Fsp3) is 0.208. The number of hydrogen-bond acceptors (Lipinski definition) is 6. The highest BCUT2D eigenvalue weighted by Gasteiger charge is 2.23. The lowest BCUT2D eigenvalue weighted by molar-refractivity contribution is 0.303. The van der Waals surface area contributed by atoms with Crippen LogP contribution in [0.15, 0.2) is 67.0 Å². The zero-order valence-electron chi connectivity index (χ0n) is 16.7. The molecule has 6 heteroatoms. The lowest BCUT2D eigenvalue weighted by Crippen LogP contribution is -2.09. The molecule has 0 saturated heterocycles. The molecule has 30 heavy (non-hydrogen) atoms. The topological polar surface area (TPSA) is 71.4 Å². The summed E-state index contributed by atoms with van der Waals surface area (Å²) in [5, 5.41) is 10.8. The van der Waals surface area contributed by atoms with Crippen molar-refractivity contribution in [2.75, 3.05) is 11.9 Å². The van der Waals surface area contributed by atoms with Gasteiger partial charge in [-0.2, -0.15) is 4.98 Å². The summed E-state index contributed by atoms with van der Waals surface area (Å²) in [4.78, 5) is 15.0. The summed E-state index contributed by atoms with van der Waals surface area (Å²) in [5.41, 5.74) is 3.87. The van der Waals surface area contributed by atoms with Crippen molar-refractivity contribution in [3.8, 4) is 11.6 Å². The first kappa shape index (κ1) is 18.4. The van der Waals surface area contributed by atoms with Gasteiger partial charge < -0.3 is 14.7 Å². The Hall–Kier alpha value is -3.67. The van der Waals surface area contributed by atoms with E-state index >= 15 is 0 Å². The van der Waals surface area contributed by atoms with Crippen LogP contribution in [0.4, 0.5) is 11.4 Å². The smallest absolute Gasteiger partial charge is 0.222 e. The summed E-state index contributed by atoms with van der Waals surface area (Å²) in [7, 11) is 2.04. The Kier molecular flexibility index (Phi) is 4.67. The van der Waals surface area contributed by atoms with Crippen molar-refractivity contribution in [1.82, 2.24) is 15.0 Å². The summed E-state index contributed by atoms with van der Waals surface area (Å²) in [6.07, 6.45) is 6.48. The molecule has 2 heterocycles. The third-order valence-corrected chi connectivity index (χ3v) is 5.24. The number of fused-ring (bicyclic) bond motifs is 1. The van der Waals surface area contributed by atoms with Crippen LogP contribution >= 0.6 is 0 Å². The SMILES string of the molecule is CN(c1ccc(Cc2nc(O)c3ccncc3n2)cc1)c1cccc(OC2CC2)c1. The molecule has 0 unspecified atom stereocenters. The minimum atomic E-state index is -0.0120. The number of aromatic nitrogens is 3. The van der Waals surface area contributed by atoms with Crippen molar-refractivity contribution in [2.45, 2.75) is 25.4 Å². The average Bonchev–Trinajstić information content (AvgIpc) is 3.58. The third-order valence-electron chi connectivity index (χ3n) is 5.24. The fourth-order valence-corrected chi connectivity index (χ4v) is 3.40. The van der Waals surface area contributed by atoms with Crippen LogP contribution in [0.1, 0.15) is 24.2 Å². The van der Waals surface area contributed by atoms with Crippen molar-refractivity contribution in [3.63, 3.8) is 0 Å². The normalized spacial score (nSPS) is 13.4. The number of nitrogens with zero attached hydrogens (tertiary/aromatic N) is 4.